The molecular formula is C21H20N3OS+. The van der Waals surface area contributed by atoms with Crippen molar-refractivity contribution in [1.82, 2.24) is 10.1 Å². The number of nitrogens with one attached hydrogen (secondary N) is 1. The predicted molar refractivity (Wildman–Crippen MR) is 103 cm³/mol. The van der Waals surface area contributed by atoms with Gasteiger partial charge in [0.15, 0.2) is 10.8 Å². The summed E-state index contributed by atoms with van der Waals surface area (Å²) in [6, 6.07) is 21.1. The summed E-state index contributed by atoms with van der Waals surface area (Å²) in [4.78, 5) is 6.43. The Morgan fingerprint density at radius 1 is 1.08 bits per heavy atom. The molecule has 2 aromatic carbocycles. The van der Waals surface area contributed by atoms with Gasteiger partial charge in [0.05, 0.1) is 16.8 Å². The number of thiazole rings is 1. The number of hydrogen-bond donors (Lipinski definition) is 1. The Labute approximate surface area is 156 Å². The number of rotatable bonds is 4. The lowest BCUT2D eigenvalue weighted by Gasteiger charge is -2.18. The standard InChI is InChI=1S/C21H19N3OS/c1-2-7-15(8-3-1)19-13-16(23-25-19)14-24-12-6-10-18(24)21-22-17-9-4-5-11-20(17)26-21/h1-5,7-9,11,13,18H,6,10,12,14H2/p+1/t18-/m0/s1. The van der Waals surface area contributed by atoms with Gasteiger partial charge in [0.1, 0.15) is 18.3 Å². The van der Waals surface area contributed by atoms with Gasteiger partial charge >= 0.3 is 0 Å². The summed E-state index contributed by atoms with van der Waals surface area (Å²) in [6.45, 7) is 2.05. The van der Waals surface area contributed by atoms with E-state index in [-0.39, 0.29) is 0 Å². The zero-order valence-corrected chi connectivity index (χ0v) is 15.2. The molecule has 5 rings (SSSR count). The number of quaternary nitrogens is 1. The van der Waals surface area contributed by atoms with Crippen LogP contribution in [0.5, 0.6) is 0 Å². The van der Waals surface area contributed by atoms with Gasteiger partial charge in [0.25, 0.3) is 0 Å². The normalized spacial score (nSPS) is 20.0. The van der Waals surface area contributed by atoms with E-state index in [9.17, 15) is 0 Å². The summed E-state index contributed by atoms with van der Waals surface area (Å²) in [5.41, 5.74) is 3.21. The van der Waals surface area contributed by atoms with Gasteiger partial charge in [-0.3, -0.25) is 0 Å². The van der Waals surface area contributed by atoms with Crippen LogP contribution >= 0.6 is 11.3 Å². The Hall–Kier alpha value is -2.50. The maximum atomic E-state index is 5.57. The molecule has 0 aliphatic carbocycles. The predicted octanol–water partition coefficient (Wildman–Crippen LogP) is 3.87. The molecule has 4 nitrogen and oxygen atoms in total. The lowest BCUT2D eigenvalue weighted by molar-refractivity contribution is -0.932. The number of nitrogens with zero attached hydrogens (tertiary/aromatic N) is 2. The van der Waals surface area contributed by atoms with Crippen molar-refractivity contribution in [3.8, 4) is 11.3 Å². The van der Waals surface area contributed by atoms with Crippen molar-refractivity contribution in [3.05, 3.63) is 71.4 Å². The van der Waals surface area contributed by atoms with Gasteiger partial charge in [-0.1, -0.05) is 47.6 Å². The van der Waals surface area contributed by atoms with E-state index in [0.29, 0.717) is 6.04 Å². The molecule has 3 heterocycles. The van der Waals surface area contributed by atoms with Crippen molar-refractivity contribution < 1.29 is 9.42 Å². The highest BCUT2D eigenvalue weighted by molar-refractivity contribution is 7.18. The van der Waals surface area contributed by atoms with Gasteiger partial charge in [-0.05, 0) is 12.1 Å². The van der Waals surface area contributed by atoms with Crippen molar-refractivity contribution in [3.63, 3.8) is 0 Å². The monoisotopic (exact) mass is 362 g/mol. The van der Waals surface area contributed by atoms with Gasteiger partial charge in [-0.25, -0.2) is 4.98 Å². The highest BCUT2D eigenvalue weighted by Crippen LogP contribution is 2.29. The molecule has 2 atom stereocenters. The van der Waals surface area contributed by atoms with Crippen LogP contribution in [0.1, 0.15) is 29.6 Å². The molecule has 4 aromatic rings. The molecule has 0 spiro atoms. The van der Waals surface area contributed by atoms with Crippen molar-refractivity contribution in [2.75, 3.05) is 6.54 Å². The quantitative estimate of drug-likeness (QED) is 0.599. The summed E-state index contributed by atoms with van der Waals surface area (Å²) >= 11 is 1.84. The van der Waals surface area contributed by atoms with Crippen LogP contribution in [0.25, 0.3) is 21.5 Å². The molecule has 5 heteroatoms. The molecule has 0 radical (unpaired) electrons. The van der Waals surface area contributed by atoms with Gasteiger partial charge in [0, 0.05) is 24.5 Å². The first kappa shape index (κ1) is 15.7. The third kappa shape index (κ3) is 2.93. The van der Waals surface area contributed by atoms with E-state index in [1.165, 1.54) is 27.4 Å². The molecule has 1 aliphatic heterocycles. The Morgan fingerprint density at radius 3 is 2.81 bits per heavy atom. The minimum atomic E-state index is 0.462. The largest absolute Gasteiger partial charge is 0.356 e. The van der Waals surface area contributed by atoms with Crippen molar-refractivity contribution in [2.45, 2.75) is 25.4 Å². The second-order valence-electron chi connectivity index (χ2n) is 6.85. The lowest BCUT2D eigenvalue weighted by atomic mass is 10.1. The number of hydrogen-bond acceptors (Lipinski definition) is 4. The number of para-hydroxylation sites is 1. The maximum absolute atomic E-state index is 5.57. The Balaban J connectivity index is 1.37. The van der Waals surface area contributed by atoms with E-state index in [2.05, 4.69) is 47.6 Å². The topological polar surface area (TPSA) is 43.4 Å². The first-order valence-electron chi connectivity index (χ1n) is 9.08. The van der Waals surface area contributed by atoms with Gasteiger partial charge in [-0.2, -0.15) is 0 Å². The first-order valence-corrected chi connectivity index (χ1v) is 9.89. The van der Waals surface area contributed by atoms with Crippen molar-refractivity contribution in [2.24, 2.45) is 0 Å². The molecule has 1 fully saturated rings. The molecular weight excluding hydrogens is 342 g/mol. The number of fused-ring (bicyclic) bond motifs is 1. The number of benzene rings is 2. The van der Waals surface area contributed by atoms with Crippen LogP contribution in [0.3, 0.4) is 0 Å². The Kier molecular flexibility index (Phi) is 4.03. The summed E-state index contributed by atoms with van der Waals surface area (Å²) in [5, 5.41) is 5.57. The zero-order valence-electron chi connectivity index (χ0n) is 14.4. The third-order valence-electron chi connectivity index (χ3n) is 5.12. The maximum Gasteiger partial charge on any atom is 0.167 e. The summed E-state index contributed by atoms with van der Waals surface area (Å²) in [7, 11) is 0. The van der Waals surface area contributed by atoms with E-state index in [0.717, 1.165) is 35.6 Å². The molecule has 1 aliphatic rings. The van der Waals surface area contributed by atoms with Gasteiger partial charge in [0.2, 0.25) is 0 Å². The van der Waals surface area contributed by atoms with E-state index in [1.54, 1.807) is 0 Å². The van der Waals surface area contributed by atoms with Crippen LogP contribution < -0.4 is 4.90 Å². The zero-order chi connectivity index (χ0) is 17.3. The molecule has 0 bridgehead atoms. The molecule has 1 N–H and O–H groups in total. The SMILES string of the molecule is c1ccc(-c2cc(C[NH+]3CCC[C@H]3c3nc4ccccc4s3)no2)cc1. The summed E-state index contributed by atoms with van der Waals surface area (Å²) in [6.07, 6.45) is 2.43. The van der Waals surface area contributed by atoms with Crippen LogP contribution in [0.15, 0.2) is 65.2 Å². The molecule has 1 unspecified atom stereocenters. The fraction of sp³-hybridized carbons (Fsp3) is 0.238. The van der Waals surface area contributed by atoms with Crippen LogP contribution in [-0.2, 0) is 6.54 Å². The smallest absolute Gasteiger partial charge is 0.167 e. The molecule has 0 amide bonds. The van der Waals surface area contributed by atoms with E-state index in [4.69, 9.17) is 9.51 Å². The lowest BCUT2D eigenvalue weighted by Crippen LogP contribution is -3.09. The minimum Gasteiger partial charge on any atom is -0.356 e. The highest BCUT2D eigenvalue weighted by Gasteiger charge is 2.33. The second kappa shape index (κ2) is 6.67. The van der Waals surface area contributed by atoms with Crippen molar-refractivity contribution in [1.29, 1.82) is 0 Å². The van der Waals surface area contributed by atoms with Gasteiger partial charge < -0.3 is 9.42 Å². The van der Waals surface area contributed by atoms with Crippen LogP contribution in [-0.4, -0.2) is 16.7 Å². The highest BCUT2D eigenvalue weighted by atomic mass is 32.1. The molecule has 1 saturated heterocycles. The summed E-state index contributed by atoms with van der Waals surface area (Å²) in [5.74, 6) is 0.843. The van der Waals surface area contributed by atoms with Crippen LogP contribution in [0.4, 0.5) is 0 Å². The van der Waals surface area contributed by atoms with Gasteiger partial charge in [-0.15, -0.1) is 11.3 Å². The Morgan fingerprint density at radius 2 is 1.92 bits per heavy atom. The fourth-order valence-corrected chi connectivity index (χ4v) is 4.99. The Bertz CT molecular complexity index is 991. The van der Waals surface area contributed by atoms with E-state index in [1.807, 2.05) is 29.5 Å². The molecule has 2 aromatic heterocycles. The molecule has 0 saturated carbocycles. The fourth-order valence-electron chi connectivity index (χ4n) is 3.83. The molecule has 130 valence electrons. The summed E-state index contributed by atoms with van der Waals surface area (Å²) < 4.78 is 6.85. The minimum absolute atomic E-state index is 0.462. The average molecular weight is 362 g/mol. The average Bonchev–Trinajstić information content (AvgIpc) is 3.41. The van der Waals surface area contributed by atoms with E-state index < -0.39 is 0 Å². The number of aromatic nitrogens is 2. The van der Waals surface area contributed by atoms with Crippen LogP contribution in [0.2, 0.25) is 0 Å². The first-order chi connectivity index (χ1) is 12.9. The second-order valence-corrected chi connectivity index (χ2v) is 7.91. The van der Waals surface area contributed by atoms with Crippen LogP contribution in [0, 0.1) is 0 Å². The van der Waals surface area contributed by atoms with E-state index >= 15 is 0 Å². The third-order valence-corrected chi connectivity index (χ3v) is 6.27. The number of likely N-dealkylation sites (tertiary alicyclic amines) is 1. The van der Waals surface area contributed by atoms with Crippen molar-refractivity contribution >= 4 is 21.6 Å². The molecule has 26 heavy (non-hydrogen) atoms.